The second-order valence-corrected chi connectivity index (χ2v) is 8.21. The van der Waals surface area contributed by atoms with Crippen LogP contribution in [0.3, 0.4) is 0 Å². The molecule has 0 aromatic heterocycles. The van der Waals surface area contributed by atoms with Crippen molar-refractivity contribution in [2.45, 2.75) is 32.4 Å². The Labute approximate surface area is 204 Å². The number of hydrogen-bond donors (Lipinski definition) is 0. The van der Waals surface area contributed by atoms with E-state index in [1.807, 2.05) is 48.5 Å². The van der Waals surface area contributed by atoms with Gasteiger partial charge in [-0.15, -0.1) is 0 Å². The lowest BCUT2D eigenvalue weighted by atomic mass is 9.88. The zero-order valence-electron chi connectivity index (χ0n) is 20.0. The maximum Gasteiger partial charge on any atom is 0.329 e. The summed E-state index contributed by atoms with van der Waals surface area (Å²) in [6, 6.07) is 22.1. The number of anilines is 2. The predicted molar refractivity (Wildman–Crippen MR) is 134 cm³/mol. The van der Waals surface area contributed by atoms with Crippen molar-refractivity contribution in [2.24, 2.45) is 0 Å². The number of carbonyl (C=O) groups is 3. The molecule has 1 heterocycles. The molecule has 2 amide bonds. The van der Waals surface area contributed by atoms with E-state index in [-0.39, 0.29) is 24.8 Å². The van der Waals surface area contributed by atoms with Crippen molar-refractivity contribution in [3.63, 3.8) is 0 Å². The maximum absolute atomic E-state index is 13.8. The van der Waals surface area contributed by atoms with Gasteiger partial charge in [-0.1, -0.05) is 42.5 Å². The SMILES string of the molecule is CCOC(=O)C1CC(N(C(C)=O)c2ccccc2)c2ccccc2N1C(=O)c1cccc(OC)c1. The highest BCUT2D eigenvalue weighted by Gasteiger charge is 2.43. The third-order valence-electron chi connectivity index (χ3n) is 6.09. The summed E-state index contributed by atoms with van der Waals surface area (Å²) in [7, 11) is 1.53. The van der Waals surface area contributed by atoms with E-state index < -0.39 is 18.1 Å². The molecule has 0 radical (unpaired) electrons. The Hall–Kier alpha value is -4.13. The number of ether oxygens (including phenoxy) is 2. The topological polar surface area (TPSA) is 76.2 Å². The van der Waals surface area contributed by atoms with E-state index in [2.05, 4.69) is 0 Å². The molecule has 4 rings (SSSR count). The van der Waals surface area contributed by atoms with E-state index in [0.717, 1.165) is 11.3 Å². The monoisotopic (exact) mass is 472 g/mol. The van der Waals surface area contributed by atoms with Crippen LogP contribution in [0.15, 0.2) is 78.9 Å². The number of methoxy groups -OCH3 is 1. The first-order valence-corrected chi connectivity index (χ1v) is 11.5. The van der Waals surface area contributed by atoms with E-state index in [1.165, 1.54) is 18.9 Å². The molecule has 7 heteroatoms. The lowest BCUT2D eigenvalue weighted by Gasteiger charge is -2.43. The Morgan fingerprint density at radius 1 is 0.971 bits per heavy atom. The van der Waals surface area contributed by atoms with Crippen molar-refractivity contribution in [3.05, 3.63) is 90.0 Å². The van der Waals surface area contributed by atoms with Gasteiger partial charge in [-0.3, -0.25) is 14.5 Å². The van der Waals surface area contributed by atoms with Gasteiger partial charge >= 0.3 is 5.97 Å². The first-order chi connectivity index (χ1) is 17.0. The highest BCUT2D eigenvalue weighted by molar-refractivity contribution is 6.10. The zero-order valence-corrected chi connectivity index (χ0v) is 20.0. The molecule has 0 saturated carbocycles. The van der Waals surface area contributed by atoms with Gasteiger partial charge in [-0.25, -0.2) is 4.79 Å². The van der Waals surface area contributed by atoms with Crippen LogP contribution >= 0.6 is 0 Å². The van der Waals surface area contributed by atoms with Crippen LogP contribution in [0.25, 0.3) is 0 Å². The average Bonchev–Trinajstić information content (AvgIpc) is 2.88. The molecular weight excluding hydrogens is 444 g/mol. The van der Waals surface area contributed by atoms with Crippen LogP contribution in [-0.4, -0.2) is 37.5 Å². The number of fused-ring (bicyclic) bond motifs is 1. The molecule has 0 aliphatic carbocycles. The van der Waals surface area contributed by atoms with Gasteiger partial charge in [0.25, 0.3) is 5.91 Å². The molecule has 180 valence electrons. The molecule has 0 spiro atoms. The maximum atomic E-state index is 13.8. The van der Waals surface area contributed by atoms with Gasteiger partial charge in [0.05, 0.1) is 25.4 Å². The fourth-order valence-corrected chi connectivity index (χ4v) is 4.60. The minimum atomic E-state index is -0.917. The van der Waals surface area contributed by atoms with Gasteiger partial charge in [0.15, 0.2) is 0 Å². The van der Waals surface area contributed by atoms with Crippen LogP contribution in [0.5, 0.6) is 5.75 Å². The van der Waals surface area contributed by atoms with E-state index in [1.54, 1.807) is 42.2 Å². The minimum Gasteiger partial charge on any atom is -0.497 e. The normalized spacial score (nSPS) is 16.7. The molecule has 2 unspecified atom stereocenters. The second-order valence-electron chi connectivity index (χ2n) is 8.21. The molecule has 7 nitrogen and oxygen atoms in total. The molecule has 0 saturated heterocycles. The standard InChI is InChI=1S/C28H28N2O5/c1-4-35-28(33)26-18-25(29(19(2)31)21-12-6-5-7-13-21)23-15-8-9-16-24(23)30(26)27(32)20-11-10-14-22(17-20)34-3/h5-17,25-26H,4,18H2,1-3H3. The molecule has 35 heavy (non-hydrogen) atoms. The zero-order chi connectivity index (χ0) is 24.9. The number of nitrogens with zero attached hydrogens (tertiary/aromatic N) is 2. The Morgan fingerprint density at radius 2 is 1.69 bits per heavy atom. The highest BCUT2D eigenvalue weighted by atomic mass is 16.5. The molecule has 2 atom stereocenters. The number of amides is 2. The van der Waals surface area contributed by atoms with Crippen LogP contribution in [0.4, 0.5) is 11.4 Å². The molecule has 3 aromatic carbocycles. The van der Waals surface area contributed by atoms with Crippen LogP contribution in [-0.2, 0) is 14.3 Å². The fraction of sp³-hybridized carbons (Fsp3) is 0.250. The van der Waals surface area contributed by atoms with Gasteiger partial charge in [0.1, 0.15) is 11.8 Å². The molecule has 0 bridgehead atoms. The summed E-state index contributed by atoms with van der Waals surface area (Å²) < 4.78 is 10.7. The first kappa shape index (κ1) is 24.0. The summed E-state index contributed by atoms with van der Waals surface area (Å²) in [6.45, 7) is 3.41. The molecule has 0 N–H and O–H groups in total. The van der Waals surface area contributed by atoms with Crippen molar-refractivity contribution < 1.29 is 23.9 Å². The third-order valence-corrected chi connectivity index (χ3v) is 6.09. The molecule has 1 aliphatic rings. The Kier molecular flexibility index (Phi) is 7.15. The van der Waals surface area contributed by atoms with E-state index in [0.29, 0.717) is 17.0 Å². The van der Waals surface area contributed by atoms with Gasteiger partial charge in [0.2, 0.25) is 5.91 Å². The van der Waals surface area contributed by atoms with Crippen LogP contribution < -0.4 is 14.5 Å². The van der Waals surface area contributed by atoms with Crippen molar-refractivity contribution in [1.29, 1.82) is 0 Å². The second kappa shape index (κ2) is 10.4. The van der Waals surface area contributed by atoms with Crippen molar-refractivity contribution in [1.82, 2.24) is 0 Å². The van der Waals surface area contributed by atoms with Gasteiger partial charge in [-0.05, 0) is 48.9 Å². The van der Waals surface area contributed by atoms with Gasteiger partial charge < -0.3 is 14.4 Å². The summed E-state index contributed by atoms with van der Waals surface area (Å²) in [4.78, 5) is 43.1. The lowest BCUT2D eigenvalue weighted by molar-refractivity contribution is -0.145. The highest BCUT2D eigenvalue weighted by Crippen LogP contribution is 2.43. The number of carbonyl (C=O) groups excluding carboxylic acids is 3. The summed E-state index contributed by atoms with van der Waals surface area (Å²) in [6.07, 6.45) is 0.194. The van der Waals surface area contributed by atoms with Gasteiger partial charge in [0, 0.05) is 24.6 Å². The summed E-state index contributed by atoms with van der Waals surface area (Å²) in [5.74, 6) is -0.480. The number of esters is 1. The Morgan fingerprint density at radius 3 is 2.37 bits per heavy atom. The third kappa shape index (κ3) is 4.75. The van der Waals surface area contributed by atoms with E-state index in [4.69, 9.17) is 9.47 Å². The fourth-order valence-electron chi connectivity index (χ4n) is 4.60. The van der Waals surface area contributed by atoms with Crippen LogP contribution in [0.1, 0.15) is 42.2 Å². The van der Waals surface area contributed by atoms with Crippen molar-refractivity contribution in [3.8, 4) is 5.75 Å². The Bertz CT molecular complexity index is 1230. The predicted octanol–water partition coefficient (Wildman–Crippen LogP) is 4.77. The van der Waals surface area contributed by atoms with Crippen molar-refractivity contribution in [2.75, 3.05) is 23.5 Å². The molecule has 3 aromatic rings. The smallest absolute Gasteiger partial charge is 0.329 e. The number of benzene rings is 3. The van der Waals surface area contributed by atoms with Crippen LogP contribution in [0, 0.1) is 0 Å². The summed E-state index contributed by atoms with van der Waals surface area (Å²) in [5, 5.41) is 0. The molecule has 1 aliphatic heterocycles. The quantitative estimate of drug-likeness (QED) is 0.483. The van der Waals surface area contributed by atoms with Crippen molar-refractivity contribution >= 4 is 29.2 Å². The lowest BCUT2D eigenvalue weighted by Crippen LogP contribution is -2.52. The average molecular weight is 473 g/mol. The largest absolute Gasteiger partial charge is 0.497 e. The van der Waals surface area contributed by atoms with Gasteiger partial charge in [-0.2, -0.15) is 0 Å². The Balaban J connectivity index is 1.86. The number of rotatable bonds is 6. The first-order valence-electron chi connectivity index (χ1n) is 11.5. The number of hydrogen-bond acceptors (Lipinski definition) is 5. The van der Waals surface area contributed by atoms with Crippen LogP contribution in [0.2, 0.25) is 0 Å². The molecular formula is C28H28N2O5. The molecule has 0 fully saturated rings. The number of para-hydroxylation sites is 2. The minimum absolute atomic E-state index is 0.161. The van der Waals surface area contributed by atoms with E-state index >= 15 is 0 Å². The summed E-state index contributed by atoms with van der Waals surface area (Å²) in [5.41, 5.74) is 2.45. The summed E-state index contributed by atoms with van der Waals surface area (Å²) >= 11 is 0. The van der Waals surface area contributed by atoms with E-state index in [9.17, 15) is 14.4 Å².